The van der Waals surface area contributed by atoms with Crippen LogP contribution in [0, 0.1) is 0 Å². The molecule has 0 aliphatic carbocycles. The van der Waals surface area contributed by atoms with Crippen LogP contribution in [0.25, 0.3) is 11.1 Å². The van der Waals surface area contributed by atoms with Crippen LogP contribution in [0.4, 0.5) is 5.69 Å². The summed E-state index contributed by atoms with van der Waals surface area (Å²) < 4.78 is 4.88. The van der Waals surface area contributed by atoms with Gasteiger partial charge in [-0.2, -0.15) is 0 Å². The van der Waals surface area contributed by atoms with Crippen LogP contribution >= 0.6 is 11.8 Å². The van der Waals surface area contributed by atoms with E-state index in [1.807, 2.05) is 66.7 Å². The number of thioether (sulfide) groups is 1. The zero-order valence-electron chi connectivity index (χ0n) is 20.1. The lowest BCUT2D eigenvalue weighted by Gasteiger charge is -2.19. The molecule has 0 bridgehead atoms. The molecule has 5 heteroatoms. The highest BCUT2D eigenvalue weighted by Crippen LogP contribution is 2.45. The van der Waals surface area contributed by atoms with Gasteiger partial charge in [-0.05, 0) is 47.2 Å². The first-order valence-corrected chi connectivity index (χ1v) is 12.9. The number of rotatable bonds is 6. The molecule has 178 valence electrons. The van der Waals surface area contributed by atoms with Gasteiger partial charge in [-0.25, -0.2) is 4.79 Å². The molecule has 0 N–H and O–H groups in total. The first-order valence-electron chi connectivity index (χ1n) is 11.6. The summed E-state index contributed by atoms with van der Waals surface area (Å²) in [5.41, 5.74) is 6.71. The fourth-order valence-corrected chi connectivity index (χ4v) is 5.27. The number of anilines is 1. The fraction of sp³-hybridized carbons (Fsp3) is 0.0968. The van der Waals surface area contributed by atoms with Crippen molar-refractivity contribution < 1.29 is 14.3 Å². The predicted octanol–water partition coefficient (Wildman–Crippen LogP) is 6.70. The van der Waals surface area contributed by atoms with Crippen molar-refractivity contribution in [1.82, 2.24) is 0 Å². The smallest absolute Gasteiger partial charge is 0.337 e. The molecule has 0 saturated heterocycles. The molecule has 4 aromatic carbocycles. The van der Waals surface area contributed by atoms with E-state index < -0.39 is 5.97 Å². The molecule has 4 aromatic rings. The molecule has 1 heterocycles. The van der Waals surface area contributed by atoms with Crippen molar-refractivity contribution in [2.24, 2.45) is 0 Å². The van der Waals surface area contributed by atoms with E-state index in [0.29, 0.717) is 17.7 Å². The third kappa shape index (κ3) is 4.34. The zero-order valence-corrected chi connectivity index (χ0v) is 20.9. The number of nitrogens with zero attached hydrogens (tertiary/aromatic N) is 1. The van der Waals surface area contributed by atoms with Crippen molar-refractivity contribution in [2.45, 2.75) is 11.4 Å². The summed E-state index contributed by atoms with van der Waals surface area (Å²) in [4.78, 5) is 29.2. The van der Waals surface area contributed by atoms with Crippen molar-refractivity contribution >= 4 is 40.5 Å². The number of carbonyl (C=O) groups is 2. The van der Waals surface area contributed by atoms with Crippen LogP contribution in [-0.2, 0) is 16.1 Å². The average molecular weight is 492 g/mol. The molecular formula is C31H25NO3S. The SMILES string of the molecule is COC(=O)c1cccc(CN2C(=O)C(=C(c3ccccc3)c3ccccc3SC)c3ccccc32)c1. The Morgan fingerprint density at radius 2 is 1.53 bits per heavy atom. The summed E-state index contributed by atoms with van der Waals surface area (Å²) in [6, 6.07) is 33.4. The molecule has 4 nitrogen and oxygen atoms in total. The number of fused-ring (bicyclic) bond motifs is 1. The van der Waals surface area contributed by atoms with Crippen molar-refractivity contribution in [3.8, 4) is 0 Å². The highest BCUT2D eigenvalue weighted by atomic mass is 32.2. The van der Waals surface area contributed by atoms with Gasteiger partial charge in [0, 0.05) is 16.0 Å². The Kier molecular flexibility index (Phi) is 6.74. The molecule has 1 amide bonds. The Hall–Kier alpha value is -4.09. The summed E-state index contributed by atoms with van der Waals surface area (Å²) in [6.45, 7) is 0.344. The lowest BCUT2D eigenvalue weighted by molar-refractivity contribution is -0.113. The van der Waals surface area contributed by atoms with E-state index >= 15 is 0 Å². The van der Waals surface area contributed by atoms with Crippen LogP contribution in [0.15, 0.2) is 108 Å². The molecular weight excluding hydrogens is 466 g/mol. The van der Waals surface area contributed by atoms with Crippen LogP contribution in [0.5, 0.6) is 0 Å². The Balaban J connectivity index is 1.69. The lowest BCUT2D eigenvalue weighted by atomic mass is 9.90. The number of esters is 1. The molecule has 1 aliphatic heterocycles. The van der Waals surface area contributed by atoms with Gasteiger partial charge in [0.1, 0.15) is 0 Å². The third-order valence-electron chi connectivity index (χ3n) is 6.30. The standard InChI is InChI=1S/C31H25NO3S/c1-35-31(34)23-14-10-11-21(19-23)20-32-26-17-8-6-15-24(26)29(30(32)33)28(22-12-4-3-5-13-22)25-16-7-9-18-27(25)36-2/h3-19H,20H2,1-2H3. The minimum absolute atomic E-state index is 0.0607. The molecule has 0 aromatic heterocycles. The van der Waals surface area contributed by atoms with Gasteiger partial charge < -0.3 is 9.64 Å². The Morgan fingerprint density at radius 3 is 2.31 bits per heavy atom. The van der Waals surface area contributed by atoms with Gasteiger partial charge in [0.05, 0.1) is 30.5 Å². The van der Waals surface area contributed by atoms with E-state index in [4.69, 9.17) is 4.74 Å². The van der Waals surface area contributed by atoms with Crippen LogP contribution in [-0.4, -0.2) is 25.2 Å². The van der Waals surface area contributed by atoms with Crippen molar-refractivity contribution in [1.29, 1.82) is 0 Å². The van der Waals surface area contributed by atoms with E-state index in [-0.39, 0.29) is 5.91 Å². The highest BCUT2D eigenvalue weighted by molar-refractivity contribution is 7.98. The molecule has 36 heavy (non-hydrogen) atoms. The second-order valence-electron chi connectivity index (χ2n) is 8.42. The zero-order chi connectivity index (χ0) is 25.1. The molecule has 0 saturated carbocycles. The Bertz CT molecular complexity index is 1480. The van der Waals surface area contributed by atoms with E-state index in [9.17, 15) is 9.59 Å². The topological polar surface area (TPSA) is 46.6 Å². The first-order chi connectivity index (χ1) is 17.6. The Labute approximate surface area is 215 Å². The molecule has 0 unspecified atom stereocenters. The lowest BCUT2D eigenvalue weighted by Crippen LogP contribution is -2.26. The average Bonchev–Trinajstić information content (AvgIpc) is 3.20. The van der Waals surface area contributed by atoms with Crippen molar-refractivity contribution in [3.63, 3.8) is 0 Å². The minimum Gasteiger partial charge on any atom is -0.465 e. The normalized spacial score (nSPS) is 13.9. The van der Waals surface area contributed by atoms with Gasteiger partial charge >= 0.3 is 5.97 Å². The van der Waals surface area contributed by atoms with Gasteiger partial charge in [-0.3, -0.25) is 4.79 Å². The molecule has 0 radical (unpaired) electrons. The number of hydrogen-bond donors (Lipinski definition) is 0. The van der Waals surface area contributed by atoms with Gasteiger partial charge in [0.25, 0.3) is 5.91 Å². The summed E-state index contributed by atoms with van der Waals surface area (Å²) in [6.07, 6.45) is 2.05. The number of amides is 1. The van der Waals surface area contributed by atoms with Gasteiger partial charge in [0.2, 0.25) is 0 Å². The summed E-state index contributed by atoms with van der Waals surface area (Å²) in [5, 5.41) is 0. The van der Waals surface area contributed by atoms with E-state index in [0.717, 1.165) is 38.4 Å². The molecule has 0 spiro atoms. The predicted molar refractivity (Wildman–Crippen MR) is 146 cm³/mol. The van der Waals surface area contributed by atoms with Crippen LogP contribution in [0.2, 0.25) is 0 Å². The van der Waals surface area contributed by atoms with Crippen molar-refractivity contribution in [2.75, 3.05) is 18.3 Å². The van der Waals surface area contributed by atoms with Crippen LogP contribution < -0.4 is 4.90 Å². The summed E-state index contributed by atoms with van der Waals surface area (Å²) >= 11 is 1.67. The first kappa shape index (κ1) is 23.6. The van der Waals surface area contributed by atoms with E-state index in [2.05, 4.69) is 30.5 Å². The largest absolute Gasteiger partial charge is 0.465 e. The monoisotopic (exact) mass is 491 g/mol. The quantitative estimate of drug-likeness (QED) is 0.171. The van der Waals surface area contributed by atoms with Gasteiger partial charge in [0.15, 0.2) is 0 Å². The second-order valence-corrected chi connectivity index (χ2v) is 9.26. The second kappa shape index (κ2) is 10.3. The summed E-state index contributed by atoms with van der Waals surface area (Å²) in [5.74, 6) is -0.458. The minimum atomic E-state index is -0.398. The van der Waals surface area contributed by atoms with Crippen LogP contribution in [0.1, 0.15) is 32.6 Å². The molecule has 0 fully saturated rings. The number of ether oxygens (including phenoxy) is 1. The molecule has 0 atom stereocenters. The maximum Gasteiger partial charge on any atom is 0.337 e. The number of carbonyl (C=O) groups excluding carboxylic acids is 2. The maximum absolute atomic E-state index is 14.2. The Morgan fingerprint density at radius 1 is 0.833 bits per heavy atom. The number of benzene rings is 4. The fourth-order valence-electron chi connectivity index (χ4n) is 4.67. The van der Waals surface area contributed by atoms with E-state index in [1.165, 1.54) is 7.11 Å². The molecule has 1 aliphatic rings. The number of methoxy groups -OCH3 is 1. The van der Waals surface area contributed by atoms with Crippen molar-refractivity contribution in [3.05, 3.63) is 131 Å². The number of hydrogen-bond acceptors (Lipinski definition) is 4. The van der Waals surface area contributed by atoms with E-state index in [1.54, 1.807) is 28.8 Å². The van der Waals surface area contributed by atoms with Gasteiger partial charge in [-0.1, -0.05) is 78.9 Å². The molecule has 5 rings (SSSR count). The third-order valence-corrected chi connectivity index (χ3v) is 7.10. The highest BCUT2D eigenvalue weighted by Gasteiger charge is 2.35. The van der Waals surface area contributed by atoms with Crippen LogP contribution in [0.3, 0.4) is 0 Å². The maximum atomic E-state index is 14.2. The summed E-state index contributed by atoms with van der Waals surface area (Å²) in [7, 11) is 1.36. The number of para-hydroxylation sites is 1. The van der Waals surface area contributed by atoms with Gasteiger partial charge in [-0.15, -0.1) is 11.8 Å².